The van der Waals surface area contributed by atoms with Gasteiger partial charge in [-0.25, -0.2) is 9.37 Å². The van der Waals surface area contributed by atoms with Gasteiger partial charge in [-0.05, 0) is 18.2 Å². The molecule has 0 saturated heterocycles. The Morgan fingerprint density at radius 2 is 2.13 bits per heavy atom. The van der Waals surface area contributed by atoms with Crippen LogP contribution in [0.3, 0.4) is 0 Å². The van der Waals surface area contributed by atoms with Crippen LogP contribution >= 0.6 is 0 Å². The van der Waals surface area contributed by atoms with Crippen LogP contribution in [-0.4, -0.2) is 4.98 Å². The summed E-state index contributed by atoms with van der Waals surface area (Å²) in [5.41, 5.74) is 0.489. The van der Waals surface area contributed by atoms with Crippen LogP contribution in [0.4, 0.5) is 4.39 Å². The highest BCUT2D eigenvalue weighted by Crippen LogP contribution is 2.26. The van der Waals surface area contributed by atoms with Gasteiger partial charge >= 0.3 is 0 Å². The lowest BCUT2D eigenvalue weighted by Crippen LogP contribution is -1.69. The highest BCUT2D eigenvalue weighted by Gasteiger charge is 2.09. The predicted octanol–water partition coefficient (Wildman–Crippen LogP) is 3.23. The zero-order chi connectivity index (χ0) is 10.3. The van der Waals surface area contributed by atoms with Gasteiger partial charge in [-0.3, -0.25) is 0 Å². The molecule has 4 heteroatoms. The molecule has 1 aromatic carbocycles. The summed E-state index contributed by atoms with van der Waals surface area (Å²) in [6, 6.07) is 6.14. The summed E-state index contributed by atoms with van der Waals surface area (Å²) in [5.74, 6) is 0.572. The second-order valence-electron chi connectivity index (χ2n) is 3.13. The molecule has 0 amide bonds. The first kappa shape index (κ1) is 8.23. The van der Waals surface area contributed by atoms with Crippen molar-refractivity contribution in [3.63, 3.8) is 0 Å². The van der Waals surface area contributed by atoms with Gasteiger partial charge in [0, 0.05) is 11.5 Å². The van der Waals surface area contributed by atoms with Crippen molar-refractivity contribution in [2.45, 2.75) is 0 Å². The van der Waals surface area contributed by atoms with Gasteiger partial charge < -0.3 is 8.83 Å². The van der Waals surface area contributed by atoms with E-state index in [2.05, 4.69) is 4.98 Å². The van der Waals surface area contributed by atoms with Crippen molar-refractivity contribution in [2.75, 3.05) is 0 Å². The topological polar surface area (TPSA) is 39.2 Å². The van der Waals surface area contributed by atoms with Gasteiger partial charge in [-0.2, -0.15) is 0 Å². The standard InChI is InChI=1S/C11H6FNO2/c12-8-2-1-7-5-10(15-9(7)6-8)11-13-3-4-14-11/h1-6H. The van der Waals surface area contributed by atoms with Gasteiger partial charge in [0.05, 0.1) is 6.20 Å². The Labute approximate surface area is 84.1 Å². The lowest BCUT2D eigenvalue weighted by molar-refractivity contribution is 0.533. The van der Waals surface area contributed by atoms with Gasteiger partial charge in [-0.15, -0.1) is 0 Å². The first-order valence-corrected chi connectivity index (χ1v) is 4.42. The first-order valence-electron chi connectivity index (χ1n) is 4.42. The highest BCUT2D eigenvalue weighted by atomic mass is 19.1. The number of rotatable bonds is 1. The van der Waals surface area contributed by atoms with E-state index in [1.807, 2.05) is 0 Å². The summed E-state index contributed by atoms with van der Waals surface area (Å²) in [7, 11) is 0. The van der Waals surface area contributed by atoms with E-state index in [9.17, 15) is 4.39 Å². The molecule has 2 heterocycles. The Balaban J connectivity index is 2.22. The summed E-state index contributed by atoms with van der Waals surface area (Å²) in [4.78, 5) is 3.95. The smallest absolute Gasteiger partial charge is 0.262 e. The number of benzene rings is 1. The van der Waals surface area contributed by atoms with Crippen LogP contribution in [0.1, 0.15) is 0 Å². The van der Waals surface area contributed by atoms with E-state index in [0.717, 1.165) is 5.39 Å². The number of halogens is 1. The van der Waals surface area contributed by atoms with Gasteiger partial charge in [-0.1, -0.05) is 0 Å². The molecule has 0 atom stereocenters. The van der Waals surface area contributed by atoms with Crippen LogP contribution in [0, 0.1) is 5.82 Å². The molecule has 0 spiro atoms. The van der Waals surface area contributed by atoms with E-state index in [0.29, 0.717) is 17.2 Å². The molecule has 2 aromatic heterocycles. The molecule has 0 aliphatic carbocycles. The highest BCUT2D eigenvalue weighted by molar-refractivity contribution is 5.81. The molecule has 3 nitrogen and oxygen atoms in total. The summed E-state index contributed by atoms with van der Waals surface area (Å²) < 4.78 is 23.4. The molecule has 0 bridgehead atoms. The van der Waals surface area contributed by atoms with Gasteiger partial charge in [0.2, 0.25) is 0 Å². The molecule has 0 radical (unpaired) electrons. The fourth-order valence-electron chi connectivity index (χ4n) is 1.46. The average Bonchev–Trinajstić information content (AvgIpc) is 2.84. The first-order chi connectivity index (χ1) is 7.33. The van der Waals surface area contributed by atoms with Crippen LogP contribution < -0.4 is 0 Å². The van der Waals surface area contributed by atoms with Crippen molar-refractivity contribution >= 4 is 11.0 Å². The minimum Gasteiger partial charge on any atom is -0.451 e. The molecule has 15 heavy (non-hydrogen) atoms. The normalized spacial score (nSPS) is 11.0. The Morgan fingerprint density at radius 3 is 2.93 bits per heavy atom. The average molecular weight is 203 g/mol. The Hall–Kier alpha value is -2.10. The van der Waals surface area contributed by atoms with Gasteiger partial charge in [0.1, 0.15) is 17.7 Å². The van der Waals surface area contributed by atoms with Crippen LogP contribution in [-0.2, 0) is 0 Å². The van der Waals surface area contributed by atoms with E-state index in [-0.39, 0.29) is 5.82 Å². The Kier molecular flexibility index (Phi) is 1.62. The summed E-state index contributed by atoms with van der Waals surface area (Å²) in [6.45, 7) is 0. The van der Waals surface area contributed by atoms with Gasteiger partial charge in [0.15, 0.2) is 5.76 Å². The van der Waals surface area contributed by atoms with E-state index in [4.69, 9.17) is 8.83 Å². The van der Waals surface area contributed by atoms with E-state index in [1.54, 1.807) is 12.1 Å². The summed E-state index contributed by atoms with van der Waals surface area (Å²) in [5, 5.41) is 0.824. The fourth-order valence-corrected chi connectivity index (χ4v) is 1.46. The van der Waals surface area contributed by atoms with Crippen molar-refractivity contribution in [3.8, 4) is 11.7 Å². The zero-order valence-corrected chi connectivity index (χ0v) is 7.61. The minimum absolute atomic E-state index is 0.323. The number of furan rings is 1. The molecule has 0 aliphatic heterocycles. The largest absolute Gasteiger partial charge is 0.451 e. The maximum absolute atomic E-state index is 12.9. The maximum atomic E-state index is 12.9. The molecule has 0 fully saturated rings. The molecular weight excluding hydrogens is 197 g/mol. The monoisotopic (exact) mass is 203 g/mol. The summed E-state index contributed by atoms with van der Waals surface area (Å²) in [6.07, 6.45) is 2.99. The molecule has 0 saturated carbocycles. The van der Waals surface area contributed by atoms with Crippen molar-refractivity contribution < 1.29 is 13.2 Å². The van der Waals surface area contributed by atoms with E-state index < -0.39 is 0 Å². The Morgan fingerprint density at radius 1 is 1.20 bits per heavy atom. The van der Waals surface area contributed by atoms with E-state index in [1.165, 1.54) is 24.6 Å². The Bertz CT molecular complexity index is 598. The molecule has 74 valence electrons. The second kappa shape index (κ2) is 2.95. The number of oxazole rings is 1. The number of aromatic nitrogens is 1. The summed E-state index contributed by atoms with van der Waals surface area (Å²) >= 11 is 0. The zero-order valence-electron chi connectivity index (χ0n) is 7.61. The van der Waals surface area contributed by atoms with Crippen LogP contribution in [0.15, 0.2) is 45.6 Å². The molecule has 3 aromatic rings. The van der Waals surface area contributed by atoms with Gasteiger partial charge in [0.25, 0.3) is 5.89 Å². The lowest BCUT2D eigenvalue weighted by Gasteiger charge is -1.87. The third-order valence-corrected chi connectivity index (χ3v) is 2.13. The lowest BCUT2D eigenvalue weighted by atomic mass is 10.2. The minimum atomic E-state index is -0.323. The predicted molar refractivity (Wildman–Crippen MR) is 51.7 cm³/mol. The molecule has 3 rings (SSSR count). The molecule has 0 aliphatic rings. The second-order valence-corrected chi connectivity index (χ2v) is 3.13. The van der Waals surface area contributed by atoms with E-state index >= 15 is 0 Å². The number of nitrogens with zero attached hydrogens (tertiary/aromatic N) is 1. The van der Waals surface area contributed by atoms with Crippen molar-refractivity contribution in [3.05, 3.63) is 42.5 Å². The third kappa shape index (κ3) is 1.30. The van der Waals surface area contributed by atoms with Crippen LogP contribution in [0.2, 0.25) is 0 Å². The quantitative estimate of drug-likeness (QED) is 0.609. The molecule has 0 N–H and O–H groups in total. The van der Waals surface area contributed by atoms with Crippen molar-refractivity contribution in [1.29, 1.82) is 0 Å². The maximum Gasteiger partial charge on any atom is 0.262 e. The van der Waals surface area contributed by atoms with Crippen molar-refractivity contribution in [2.24, 2.45) is 0 Å². The van der Waals surface area contributed by atoms with Crippen LogP contribution in [0.25, 0.3) is 22.6 Å². The number of hydrogen-bond acceptors (Lipinski definition) is 3. The number of fused-ring (bicyclic) bond motifs is 1. The third-order valence-electron chi connectivity index (χ3n) is 2.13. The fraction of sp³-hybridized carbons (Fsp3) is 0. The van der Waals surface area contributed by atoms with Crippen LogP contribution in [0.5, 0.6) is 0 Å². The SMILES string of the molecule is Fc1ccc2cc(-c3ncco3)oc2c1. The number of hydrogen-bond donors (Lipinski definition) is 0. The molecular formula is C11H6FNO2. The molecule has 0 unspecified atom stereocenters. The van der Waals surface area contributed by atoms with Crippen molar-refractivity contribution in [1.82, 2.24) is 4.98 Å².